The predicted octanol–water partition coefficient (Wildman–Crippen LogP) is 1.93. The molecule has 74 valence electrons. The quantitative estimate of drug-likeness (QED) is 0.577. The maximum Gasteiger partial charge on any atom is 0.0664 e. The molecular formula is C10H23NO. The highest BCUT2D eigenvalue weighted by molar-refractivity contribution is 4.61. The Morgan fingerprint density at radius 2 is 1.92 bits per heavy atom. The highest BCUT2D eigenvalue weighted by Gasteiger charge is 2.03. The van der Waals surface area contributed by atoms with E-state index in [0.717, 1.165) is 19.4 Å². The average molecular weight is 173 g/mol. The van der Waals surface area contributed by atoms with Crippen molar-refractivity contribution in [3.8, 4) is 0 Å². The number of nitrogens with one attached hydrogen (secondary N) is 1. The summed E-state index contributed by atoms with van der Waals surface area (Å²) in [5.41, 5.74) is 0. The van der Waals surface area contributed by atoms with E-state index in [1.165, 1.54) is 12.8 Å². The molecule has 0 spiro atoms. The molecule has 0 rings (SSSR count). The van der Waals surface area contributed by atoms with Crippen LogP contribution in [0.3, 0.4) is 0 Å². The van der Waals surface area contributed by atoms with Crippen LogP contribution in [-0.4, -0.2) is 23.8 Å². The van der Waals surface area contributed by atoms with E-state index in [0.29, 0.717) is 6.04 Å². The lowest BCUT2D eigenvalue weighted by atomic mass is 10.1. The van der Waals surface area contributed by atoms with Gasteiger partial charge in [0.1, 0.15) is 0 Å². The summed E-state index contributed by atoms with van der Waals surface area (Å²) in [5.74, 6) is 0. The van der Waals surface area contributed by atoms with Crippen molar-refractivity contribution < 1.29 is 5.11 Å². The van der Waals surface area contributed by atoms with Gasteiger partial charge < -0.3 is 10.4 Å². The van der Waals surface area contributed by atoms with Crippen LogP contribution in [0.4, 0.5) is 0 Å². The first-order valence-electron chi connectivity index (χ1n) is 5.08. The van der Waals surface area contributed by atoms with E-state index >= 15 is 0 Å². The van der Waals surface area contributed by atoms with Crippen molar-refractivity contribution in [2.24, 2.45) is 0 Å². The minimum Gasteiger partial charge on any atom is -0.392 e. The highest BCUT2D eigenvalue weighted by atomic mass is 16.3. The van der Waals surface area contributed by atoms with Crippen molar-refractivity contribution in [2.75, 3.05) is 6.54 Å². The minimum atomic E-state index is -0.154. The molecule has 0 aromatic heterocycles. The molecule has 0 amide bonds. The van der Waals surface area contributed by atoms with Crippen LogP contribution in [0.1, 0.15) is 46.5 Å². The lowest BCUT2D eigenvalue weighted by Crippen LogP contribution is -2.31. The van der Waals surface area contributed by atoms with Crippen molar-refractivity contribution in [1.82, 2.24) is 5.32 Å². The van der Waals surface area contributed by atoms with E-state index < -0.39 is 0 Å². The third kappa shape index (κ3) is 8.02. The predicted molar refractivity (Wildman–Crippen MR) is 53.3 cm³/mol. The van der Waals surface area contributed by atoms with Crippen molar-refractivity contribution >= 4 is 0 Å². The maximum atomic E-state index is 9.46. The Bertz CT molecular complexity index is 93.8. The molecular weight excluding hydrogens is 150 g/mol. The molecule has 0 bridgehead atoms. The SMILES string of the molecule is CCCCCC(O)CNC(C)C. The fraction of sp³-hybridized carbons (Fsp3) is 1.00. The zero-order chi connectivity index (χ0) is 9.40. The van der Waals surface area contributed by atoms with E-state index in [4.69, 9.17) is 0 Å². The summed E-state index contributed by atoms with van der Waals surface area (Å²) >= 11 is 0. The number of aliphatic hydroxyl groups is 1. The van der Waals surface area contributed by atoms with Gasteiger partial charge in [-0.2, -0.15) is 0 Å². The number of aliphatic hydroxyl groups excluding tert-OH is 1. The second-order valence-corrected chi connectivity index (χ2v) is 3.71. The lowest BCUT2D eigenvalue weighted by molar-refractivity contribution is 0.155. The molecule has 2 heteroatoms. The average Bonchev–Trinajstić information content (AvgIpc) is 2.01. The second kappa shape index (κ2) is 7.56. The van der Waals surface area contributed by atoms with Crippen LogP contribution < -0.4 is 5.32 Å². The zero-order valence-corrected chi connectivity index (χ0v) is 8.64. The smallest absolute Gasteiger partial charge is 0.0664 e. The molecule has 0 heterocycles. The lowest BCUT2D eigenvalue weighted by Gasteiger charge is -2.13. The Morgan fingerprint density at radius 1 is 1.25 bits per heavy atom. The van der Waals surface area contributed by atoms with E-state index in [9.17, 15) is 5.11 Å². The van der Waals surface area contributed by atoms with Crippen LogP contribution in [0.2, 0.25) is 0 Å². The molecule has 1 unspecified atom stereocenters. The van der Waals surface area contributed by atoms with E-state index in [1.807, 2.05) is 0 Å². The van der Waals surface area contributed by atoms with Crippen LogP contribution in [0.15, 0.2) is 0 Å². The molecule has 0 radical (unpaired) electrons. The van der Waals surface area contributed by atoms with Crippen molar-refractivity contribution in [3.63, 3.8) is 0 Å². The number of hydrogen-bond acceptors (Lipinski definition) is 2. The van der Waals surface area contributed by atoms with Crippen LogP contribution in [-0.2, 0) is 0 Å². The summed E-state index contributed by atoms with van der Waals surface area (Å²) in [6, 6.07) is 0.478. The van der Waals surface area contributed by atoms with Gasteiger partial charge >= 0.3 is 0 Å². The summed E-state index contributed by atoms with van der Waals surface area (Å²) in [4.78, 5) is 0. The van der Waals surface area contributed by atoms with Gasteiger partial charge in [0.2, 0.25) is 0 Å². The van der Waals surface area contributed by atoms with Gasteiger partial charge in [-0.15, -0.1) is 0 Å². The largest absolute Gasteiger partial charge is 0.392 e. The molecule has 0 aromatic carbocycles. The Balaban J connectivity index is 3.15. The summed E-state index contributed by atoms with van der Waals surface area (Å²) in [6.07, 6.45) is 4.40. The highest BCUT2D eigenvalue weighted by Crippen LogP contribution is 2.02. The molecule has 2 nitrogen and oxygen atoms in total. The summed E-state index contributed by atoms with van der Waals surface area (Å²) in [7, 11) is 0. The normalized spacial score (nSPS) is 13.8. The first-order valence-corrected chi connectivity index (χ1v) is 5.08. The Labute approximate surface area is 76.4 Å². The molecule has 12 heavy (non-hydrogen) atoms. The Hall–Kier alpha value is -0.0800. The van der Waals surface area contributed by atoms with E-state index in [2.05, 4.69) is 26.1 Å². The fourth-order valence-electron chi connectivity index (χ4n) is 1.10. The number of unbranched alkanes of at least 4 members (excludes halogenated alkanes) is 2. The third-order valence-electron chi connectivity index (χ3n) is 1.90. The third-order valence-corrected chi connectivity index (χ3v) is 1.90. The van der Waals surface area contributed by atoms with Gasteiger partial charge in [0.25, 0.3) is 0 Å². The van der Waals surface area contributed by atoms with Crippen molar-refractivity contribution in [2.45, 2.75) is 58.6 Å². The molecule has 0 aliphatic rings. The molecule has 1 atom stereocenters. The van der Waals surface area contributed by atoms with Crippen molar-refractivity contribution in [3.05, 3.63) is 0 Å². The Morgan fingerprint density at radius 3 is 2.42 bits per heavy atom. The molecule has 0 aliphatic heterocycles. The summed E-state index contributed by atoms with van der Waals surface area (Å²) in [5, 5.41) is 12.7. The molecule has 0 saturated heterocycles. The number of hydrogen-bond donors (Lipinski definition) is 2. The molecule has 2 N–H and O–H groups in total. The maximum absolute atomic E-state index is 9.46. The van der Waals surface area contributed by atoms with Gasteiger partial charge in [-0.3, -0.25) is 0 Å². The van der Waals surface area contributed by atoms with Crippen LogP contribution in [0.5, 0.6) is 0 Å². The Kier molecular flexibility index (Phi) is 7.51. The van der Waals surface area contributed by atoms with Crippen LogP contribution >= 0.6 is 0 Å². The standard InChI is InChI=1S/C10H23NO/c1-4-5-6-7-10(12)8-11-9(2)3/h9-12H,4-8H2,1-3H3. The van der Waals surface area contributed by atoms with Gasteiger partial charge in [0, 0.05) is 12.6 Å². The van der Waals surface area contributed by atoms with Gasteiger partial charge in [-0.25, -0.2) is 0 Å². The van der Waals surface area contributed by atoms with Gasteiger partial charge in [-0.05, 0) is 6.42 Å². The van der Waals surface area contributed by atoms with E-state index in [-0.39, 0.29) is 6.10 Å². The van der Waals surface area contributed by atoms with Gasteiger partial charge in [-0.1, -0.05) is 40.0 Å². The van der Waals surface area contributed by atoms with Crippen LogP contribution in [0.25, 0.3) is 0 Å². The second-order valence-electron chi connectivity index (χ2n) is 3.71. The molecule has 0 aromatic rings. The van der Waals surface area contributed by atoms with Crippen molar-refractivity contribution in [1.29, 1.82) is 0 Å². The van der Waals surface area contributed by atoms with Crippen LogP contribution in [0, 0.1) is 0 Å². The van der Waals surface area contributed by atoms with Gasteiger partial charge in [0.15, 0.2) is 0 Å². The number of rotatable bonds is 7. The first-order chi connectivity index (χ1) is 5.66. The van der Waals surface area contributed by atoms with Gasteiger partial charge in [0.05, 0.1) is 6.10 Å². The van der Waals surface area contributed by atoms with E-state index in [1.54, 1.807) is 0 Å². The zero-order valence-electron chi connectivity index (χ0n) is 8.64. The first kappa shape index (κ1) is 11.9. The molecule has 0 aliphatic carbocycles. The minimum absolute atomic E-state index is 0.154. The summed E-state index contributed by atoms with van der Waals surface area (Å²) < 4.78 is 0. The monoisotopic (exact) mass is 173 g/mol. The fourth-order valence-corrected chi connectivity index (χ4v) is 1.10. The molecule has 0 fully saturated rings. The molecule has 0 saturated carbocycles. The topological polar surface area (TPSA) is 32.3 Å². The summed E-state index contributed by atoms with van der Waals surface area (Å²) in [6.45, 7) is 7.11.